The second-order valence-electron chi connectivity index (χ2n) is 18.2. The normalized spacial score (nSPS) is 23.1. The van der Waals surface area contributed by atoms with Crippen LogP contribution >= 0.6 is 7.82 Å². The van der Waals surface area contributed by atoms with E-state index >= 15 is 0 Å². The molecule has 0 heterocycles. The summed E-state index contributed by atoms with van der Waals surface area (Å²) in [7, 11) is -5.11. The minimum Gasteiger partial charge on any atom is -0.393 e. The molecule has 8 atom stereocenters. The molecule has 1 aliphatic carbocycles. The van der Waals surface area contributed by atoms with E-state index in [1.807, 2.05) is 0 Å². The number of hydrogen-bond acceptors (Lipinski definition) is 11. The van der Waals surface area contributed by atoms with Gasteiger partial charge < -0.3 is 46.0 Å². The molecular weight excluding hydrogens is 801 g/mol. The first-order valence-electron chi connectivity index (χ1n) is 25.1. The molecule has 14 heteroatoms. The lowest BCUT2D eigenvalue weighted by Crippen LogP contribution is -2.64. The summed E-state index contributed by atoms with van der Waals surface area (Å²) in [5, 5.41) is 74.7. The molecule has 0 aromatic heterocycles. The molecule has 0 bridgehead atoms. The summed E-state index contributed by atoms with van der Waals surface area (Å²) in [6.45, 7) is 3.81. The van der Waals surface area contributed by atoms with Gasteiger partial charge in [-0.1, -0.05) is 213 Å². The Hall–Kier alpha value is -0.700. The highest BCUT2D eigenvalue weighted by atomic mass is 31.2. The Labute approximate surface area is 370 Å². The van der Waals surface area contributed by atoms with Crippen molar-refractivity contribution in [2.75, 3.05) is 6.61 Å². The number of nitrogens with one attached hydrogen (secondary N) is 1. The van der Waals surface area contributed by atoms with Crippen molar-refractivity contribution in [3.05, 3.63) is 0 Å². The average molecular weight is 896 g/mol. The van der Waals surface area contributed by atoms with Crippen molar-refractivity contribution in [1.82, 2.24) is 5.32 Å². The Kier molecular flexibility index (Phi) is 35.9. The second-order valence-corrected chi connectivity index (χ2v) is 19.6. The van der Waals surface area contributed by atoms with E-state index in [0.29, 0.717) is 12.8 Å². The molecule has 0 radical (unpaired) electrons. The van der Waals surface area contributed by atoms with E-state index in [-0.39, 0.29) is 12.8 Å². The van der Waals surface area contributed by atoms with Crippen LogP contribution in [0.5, 0.6) is 0 Å². The Morgan fingerprint density at radius 3 is 1.18 bits per heavy atom. The minimum absolute atomic E-state index is 0.216. The Bertz CT molecular complexity index is 1060. The van der Waals surface area contributed by atoms with E-state index in [9.17, 15) is 50.0 Å². The fourth-order valence-electron chi connectivity index (χ4n) is 8.36. The zero-order valence-electron chi connectivity index (χ0n) is 38.6. The van der Waals surface area contributed by atoms with Crippen molar-refractivity contribution in [3.63, 3.8) is 0 Å². The molecule has 0 aromatic carbocycles. The Balaban J connectivity index is 2.48. The molecule has 0 spiro atoms. The van der Waals surface area contributed by atoms with Crippen LogP contribution in [-0.4, -0.2) is 108 Å². The summed E-state index contributed by atoms with van der Waals surface area (Å²) >= 11 is 0. The maximum Gasteiger partial charge on any atom is 0.472 e. The number of phosphoric ester groups is 1. The van der Waals surface area contributed by atoms with Gasteiger partial charge in [-0.15, -0.1) is 0 Å². The van der Waals surface area contributed by atoms with Crippen LogP contribution in [0.1, 0.15) is 232 Å². The number of amides is 1. The summed E-state index contributed by atoms with van der Waals surface area (Å²) < 4.78 is 23.0. The molecule has 1 rings (SSSR count). The Morgan fingerprint density at radius 1 is 0.508 bits per heavy atom. The molecule has 1 fully saturated rings. The van der Waals surface area contributed by atoms with Crippen LogP contribution in [0.2, 0.25) is 0 Å². The van der Waals surface area contributed by atoms with E-state index in [1.165, 1.54) is 141 Å². The van der Waals surface area contributed by atoms with Gasteiger partial charge in [0.25, 0.3) is 0 Å². The van der Waals surface area contributed by atoms with E-state index < -0.39 is 75.2 Å². The van der Waals surface area contributed by atoms with Gasteiger partial charge in [-0.3, -0.25) is 13.8 Å². The van der Waals surface area contributed by atoms with E-state index in [1.54, 1.807) is 0 Å². The van der Waals surface area contributed by atoms with Crippen LogP contribution in [0.4, 0.5) is 0 Å². The highest BCUT2D eigenvalue weighted by molar-refractivity contribution is 7.47. The maximum absolute atomic E-state index is 13.0. The SMILES string of the molecule is CCCCCCCCCCCCCCCCCCC(O)C(COP(=O)(O)OC1C(O)C(O)C(O)C(O)C1O)NC(=O)CC(O)CCCCCCCCCCCCCCCCC. The lowest BCUT2D eigenvalue weighted by atomic mass is 9.85. The standard InChI is InChI=1S/C47H94NO12P/c1-3-5-7-9-11-13-15-17-19-21-23-25-27-29-31-33-35-40(50)39(37-59-61(57,58)60-47-45(55)43(53)42(52)44(54)46(47)56)48-41(51)36-38(49)34-32-30-28-26-24-22-20-18-16-14-12-10-8-6-4-2/h38-40,42-47,49-50,52-56H,3-37H2,1-2H3,(H,48,51)(H,57,58). The molecule has 61 heavy (non-hydrogen) atoms. The van der Waals surface area contributed by atoms with Gasteiger partial charge in [0.15, 0.2) is 0 Å². The van der Waals surface area contributed by atoms with Crippen molar-refractivity contribution in [2.24, 2.45) is 0 Å². The average Bonchev–Trinajstić information content (AvgIpc) is 3.23. The third-order valence-corrected chi connectivity index (χ3v) is 13.5. The molecule has 8 unspecified atom stereocenters. The summed E-state index contributed by atoms with van der Waals surface area (Å²) in [5.74, 6) is -0.555. The van der Waals surface area contributed by atoms with Gasteiger partial charge in [0.05, 0.1) is 31.3 Å². The highest BCUT2D eigenvalue weighted by Gasteiger charge is 2.51. The zero-order chi connectivity index (χ0) is 45.1. The minimum atomic E-state index is -5.11. The third kappa shape index (κ3) is 29.5. The van der Waals surface area contributed by atoms with Crippen molar-refractivity contribution in [1.29, 1.82) is 0 Å². The van der Waals surface area contributed by atoms with Gasteiger partial charge in [0.2, 0.25) is 5.91 Å². The molecule has 13 nitrogen and oxygen atoms in total. The summed E-state index contributed by atoms with van der Waals surface area (Å²) in [6.07, 6.45) is 24.3. The van der Waals surface area contributed by atoms with Crippen molar-refractivity contribution in [3.8, 4) is 0 Å². The molecule has 0 saturated heterocycles. The fraction of sp³-hybridized carbons (Fsp3) is 0.979. The van der Waals surface area contributed by atoms with Crippen LogP contribution in [-0.2, 0) is 18.4 Å². The van der Waals surface area contributed by atoms with Crippen molar-refractivity contribution in [2.45, 2.75) is 287 Å². The number of unbranched alkanes of at least 4 members (excludes halogenated alkanes) is 29. The topological polar surface area (TPSA) is 226 Å². The first-order chi connectivity index (χ1) is 29.3. The molecule has 9 N–H and O–H groups in total. The molecule has 1 aliphatic rings. The summed E-state index contributed by atoms with van der Waals surface area (Å²) in [5.41, 5.74) is 0. The predicted octanol–water partition coefficient (Wildman–Crippen LogP) is 8.82. The third-order valence-electron chi connectivity index (χ3n) is 12.5. The van der Waals surface area contributed by atoms with Gasteiger partial charge in [0.1, 0.15) is 36.6 Å². The van der Waals surface area contributed by atoms with Crippen LogP contribution in [0.3, 0.4) is 0 Å². The number of aliphatic hydroxyl groups excluding tert-OH is 7. The van der Waals surface area contributed by atoms with Crippen LogP contribution in [0, 0.1) is 0 Å². The quantitative estimate of drug-likeness (QED) is 0.0207. The predicted molar refractivity (Wildman–Crippen MR) is 243 cm³/mol. The smallest absolute Gasteiger partial charge is 0.393 e. The van der Waals surface area contributed by atoms with E-state index in [0.717, 1.165) is 51.4 Å². The number of hydrogen-bond donors (Lipinski definition) is 9. The van der Waals surface area contributed by atoms with E-state index in [4.69, 9.17) is 9.05 Å². The first-order valence-corrected chi connectivity index (χ1v) is 26.6. The zero-order valence-corrected chi connectivity index (χ0v) is 39.5. The lowest BCUT2D eigenvalue weighted by molar-refractivity contribution is -0.220. The van der Waals surface area contributed by atoms with Gasteiger partial charge >= 0.3 is 7.82 Å². The molecule has 364 valence electrons. The molecular formula is C47H94NO12P. The van der Waals surface area contributed by atoms with Gasteiger partial charge in [0, 0.05) is 0 Å². The molecule has 0 aromatic rings. The number of phosphoric acid groups is 1. The van der Waals surface area contributed by atoms with E-state index in [2.05, 4.69) is 19.2 Å². The first kappa shape index (κ1) is 58.3. The maximum atomic E-state index is 13.0. The van der Waals surface area contributed by atoms with Gasteiger partial charge in [-0.25, -0.2) is 4.57 Å². The summed E-state index contributed by atoms with van der Waals surface area (Å²) in [4.78, 5) is 23.5. The van der Waals surface area contributed by atoms with Gasteiger partial charge in [-0.2, -0.15) is 0 Å². The largest absolute Gasteiger partial charge is 0.472 e. The summed E-state index contributed by atoms with van der Waals surface area (Å²) in [6, 6.07) is -1.15. The Morgan fingerprint density at radius 2 is 0.820 bits per heavy atom. The number of carbonyl (C=O) groups excluding carboxylic acids is 1. The van der Waals surface area contributed by atoms with Crippen molar-refractivity contribution >= 4 is 13.7 Å². The lowest BCUT2D eigenvalue weighted by Gasteiger charge is -2.41. The van der Waals surface area contributed by atoms with Gasteiger partial charge in [-0.05, 0) is 12.8 Å². The second kappa shape index (κ2) is 37.5. The van der Waals surface area contributed by atoms with Crippen LogP contribution in [0.15, 0.2) is 0 Å². The monoisotopic (exact) mass is 896 g/mol. The van der Waals surface area contributed by atoms with Crippen LogP contribution in [0.25, 0.3) is 0 Å². The number of aliphatic hydroxyl groups is 7. The molecule has 1 amide bonds. The van der Waals surface area contributed by atoms with Crippen LogP contribution < -0.4 is 5.32 Å². The number of rotatable bonds is 42. The molecule has 1 saturated carbocycles. The molecule has 0 aliphatic heterocycles. The van der Waals surface area contributed by atoms with Crippen molar-refractivity contribution < 1.29 is 59.0 Å². The fourth-order valence-corrected chi connectivity index (χ4v) is 9.33. The number of carbonyl (C=O) groups is 1. The highest BCUT2D eigenvalue weighted by Crippen LogP contribution is 2.47.